The Morgan fingerprint density at radius 3 is 1.40 bits per heavy atom. The Bertz CT molecular complexity index is 1500. The van der Waals surface area contributed by atoms with Crippen molar-refractivity contribution in [2.24, 2.45) is 34.5 Å². The quantitative estimate of drug-likeness (QED) is 0.0532. The molecule has 0 radical (unpaired) electrons. The van der Waals surface area contributed by atoms with Crippen LogP contribution < -0.4 is 0 Å². The second kappa shape index (κ2) is 41.7. The van der Waals surface area contributed by atoms with Crippen LogP contribution >= 0.6 is 11.8 Å². The molecule has 0 aromatic heterocycles. The molecule has 16 nitrogen and oxygen atoms in total. The van der Waals surface area contributed by atoms with E-state index in [-0.39, 0.29) is 80.8 Å². The zero-order chi connectivity index (χ0) is 53.5. The number of hydrogen-bond donors (Lipinski definition) is 2. The molecule has 0 amide bonds. The number of carbonyl (C=O) groups excluding carboxylic acids is 7. The maximum atomic E-state index is 12.4. The minimum Gasteiger partial charge on any atom is -0.469 e. The Morgan fingerprint density at radius 1 is 0.588 bits per heavy atom. The summed E-state index contributed by atoms with van der Waals surface area (Å²) in [6.07, 6.45) is 3.55. The lowest BCUT2D eigenvalue weighted by Gasteiger charge is -2.33. The summed E-state index contributed by atoms with van der Waals surface area (Å²) < 4.78 is 33.3. The Kier molecular flexibility index (Phi) is 43.2. The van der Waals surface area contributed by atoms with Crippen LogP contribution in [-0.2, 0) is 66.7 Å². The highest BCUT2D eigenvalue weighted by Gasteiger charge is 2.43. The van der Waals surface area contributed by atoms with Gasteiger partial charge in [-0.25, -0.2) is 0 Å². The topological polar surface area (TPSA) is 225 Å². The number of aliphatic hydroxyl groups is 2. The molecule has 1 aromatic carbocycles. The van der Waals surface area contributed by atoms with E-state index < -0.39 is 40.8 Å². The molecule has 0 saturated heterocycles. The standard InChI is InChI=1S/C22H38O9S.C10H14.C7H14O3.2C6H12O2/c1-8-15(2)18(25)31-12-16(23)11-30-17(24)9-10-32-14-22(5,20(27)29-7)13-21(3,4)19(26)28-6;1-3-9(2)10-7-5-4-6-8-10;1-3-6(2)7(9)10-5-4-8;2*1-4-5(2)6(7)8-3/h15-16,23H,8-14H2,1-7H3;4-9H,3H2,1-2H3;6,8H,3-5H2,1-2H3;2*5H,4H2,1-3H3. The van der Waals surface area contributed by atoms with Crippen LogP contribution in [0, 0.1) is 34.5 Å². The van der Waals surface area contributed by atoms with E-state index in [0.717, 1.165) is 19.3 Å². The average Bonchev–Trinajstić information content (AvgIpc) is 3.35. The van der Waals surface area contributed by atoms with Gasteiger partial charge in [0, 0.05) is 11.5 Å². The van der Waals surface area contributed by atoms with Gasteiger partial charge in [0.05, 0.1) is 76.0 Å². The van der Waals surface area contributed by atoms with Crippen molar-refractivity contribution in [3.63, 3.8) is 0 Å². The summed E-state index contributed by atoms with van der Waals surface area (Å²) in [5, 5.41) is 18.1. The fourth-order valence-electron chi connectivity index (χ4n) is 5.21. The highest BCUT2D eigenvalue weighted by molar-refractivity contribution is 7.99. The third-order valence-electron chi connectivity index (χ3n) is 10.8. The third-order valence-corrected chi connectivity index (χ3v) is 12.1. The molecule has 1 aromatic rings. The molecule has 68 heavy (non-hydrogen) atoms. The summed E-state index contributed by atoms with van der Waals surface area (Å²) in [7, 11) is 5.41. The Morgan fingerprint density at radius 2 is 1.01 bits per heavy atom. The summed E-state index contributed by atoms with van der Waals surface area (Å²) in [4.78, 5) is 79.7. The normalized spacial score (nSPS) is 13.9. The lowest BCUT2D eigenvalue weighted by atomic mass is 9.75. The minimum absolute atomic E-state index is 0.0495. The first-order chi connectivity index (χ1) is 31.8. The van der Waals surface area contributed by atoms with Crippen LogP contribution in [0.15, 0.2) is 30.3 Å². The highest BCUT2D eigenvalue weighted by Crippen LogP contribution is 2.38. The van der Waals surface area contributed by atoms with Gasteiger partial charge < -0.3 is 43.4 Å². The average molecular weight is 991 g/mol. The van der Waals surface area contributed by atoms with Gasteiger partial charge in [0.15, 0.2) is 0 Å². The number of thioether (sulfide) groups is 1. The lowest BCUT2D eigenvalue weighted by Crippen LogP contribution is -2.40. The number of aliphatic hydroxyl groups excluding tert-OH is 2. The van der Waals surface area contributed by atoms with Crippen LogP contribution in [0.2, 0.25) is 0 Å². The lowest BCUT2D eigenvalue weighted by molar-refractivity contribution is -0.158. The second-order valence-electron chi connectivity index (χ2n) is 17.3. The first-order valence-electron chi connectivity index (χ1n) is 23.6. The molecule has 17 heteroatoms. The molecular weight excluding hydrogens is 901 g/mol. The molecule has 0 heterocycles. The predicted molar refractivity (Wildman–Crippen MR) is 265 cm³/mol. The molecule has 7 atom stereocenters. The fourth-order valence-corrected chi connectivity index (χ4v) is 6.34. The SMILES string of the molecule is CCC(C)C(=O)OC.CCC(C)C(=O)OC.CCC(C)C(=O)OCC(O)COC(=O)CCSCC(C)(CC(C)(C)C(=O)OC)C(=O)OC.CCC(C)C(=O)OCCO.CCC(C)c1ccccc1. The number of rotatable bonds is 25. The molecule has 0 aliphatic heterocycles. The van der Waals surface area contributed by atoms with Gasteiger partial charge >= 0.3 is 41.8 Å². The Hall–Kier alpha value is -4.22. The van der Waals surface area contributed by atoms with E-state index in [9.17, 15) is 38.7 Å². The van der Waals surface area contributed by atoms with Crippen LogP contribution in [-0.4, -0.2) is 124 Å². The Balaban J connectivity index is -0.000000455. The molecule has 7 unspecified atom stereocenters. The maximum Gasteiger partial charge on any atom is 0.312 e. The molecule has 0 aliphatic carbocycles. The van der Waals surface area contributed by atoms with Crippen molar-refractivity contribution in [2.75, 3.05) is 66.4 Å². The van der Waals surface area contributed by atoms with Gasteiger partial charge in [-0.05, 0) is 70.8 Å². The van der Waals surface area contributed by atoms with E-state index in [4.69, 9.17) is 24.1 Å². The molecule has 0 aliphatic rings. The molecule has 0 fully saturated rings. The fraction of sp³-hybridized carbons (Fsp3) is 0.745. The molecule has 1 rings (SSSR count). The van der Waals surface area contributed by atoms with Crippen molar-refractivity contribution in [2.45, 2.75) is 147 Å². The molecule has 0 saturated carbocycles. The zero-order valence-electron chi connectivity index (χ0n) is 44.6. The van der Waals surface area contributed by atoms with Gasteiger partial charge in [0.1, 0.15) is 25.9 Å². The monoisotopic (exact) mass is 991 g/mol. The van der Waals surface area contributed by atoms with E-state index >= 15 is 0 Å². The first-order valence-corrected chi connectivity index (χ1v) is 24.7. The molecule has 0 spiro atoms. The summed E-state index contributed by atoms with van der Waals surface area (Å²) >= 11 is 1.36. The van der Waals surface area contributed by atoms with E-state index in [1.165, 1.54) is 52.2 Å². The van der Waals surface area contributed by atoms with Crippen LogP contribution in [0.3, 0.4) is 0 Å². The van der Waals surface area contributed by atoms with Gasteiger partial charge in [-0.2, -0.15) is 11.8 Å². The summed E-state index contributed by atoms with van der Waals surface area (Å²) in [6.45, 7) is 24.0. The number of carbonyl (C=O) groups is 7. The number of hydrogen-bond acceptors (Lipinski definition) is 17. The third kappa shape index (κ3) is 34.1. The van der Waals surface area contributed by atoms with Gasteiger partial charge in [-0.15, -0.1) is 0 Å². The Labute approximate surface area is 413 Å². The number of methoxy groups -OCH3 is 4. The second-order valence-corrected chi connectivity index (χ2v) is 18.4. The van der Waals surface area contributed by atoms with E-state index in [2.05, 4.69) is 58.4 Å². The smallest absolute Gasteiger partial charge is 0.312 e. The molecule has 2 N–H and O–H groups in total. The van der Waals surface area contributed by atoms with Gasteiger partial charge in [0.25, 0.3) is 0 Å². The molecular formula is C51H90O16S. The van der Waals surface area contributed by atoms with Crippen molar-refractivity contribution < 1.29 is 76.9 Å². The van der Waals surface area contributed by atoms with Gasteiger partial charge in [-0.3, -0.25) is 33.6 Å². The minimum atomic E-state index is -1.09. The van der Waals surface area contributed by atoms with Gasteiger partial charge in [0.2, 0.25) is 0 Å². The van der Waals surface area contributed by atoms with Crippen molar-refractivity contribution >= 4 is 53.5 Å². The summed E-state index contributed by atoms with van der Waals surface area (Å²) in [5.41, 5.74) is -0.382. The van der Waals surface area contributed by atoms with Crippen LogP contribution in [0.5, 0.6) is 0 Å². The zero-order valence-corrected chi connectivity index (χ0v) is 45.4. The van der Waals surface area contributed by atoms with Crippen LogP contribution in [0.4, 0.5) is 0 Å². The van der Waals surface area contributed by atoms with E-state index in [1.807, 2.05) is 41.5 Å². The summed E-state index contributed by atoms with van der Waals surface area (Å²) in [5.74, 6) is -1.02. The van der Waals surface area contributed by atoms with Crippen molar-refractivity contribution in [1.82, 2.24) is 0 Å². The summed E-state index contributed by atoms with van der Waals surface area (Å²) in [6, 6.07) is 10.6. The molecule has 0 bridgehead atoms. The van der Waals surface area contributed by atoms with Crippen molar-refractivity contribution in [3.05, 3.63) is 35.9 Å². The van der Waals surface area contributed by atoms with Crippen LogP contribution in [0.1, 0.15) is 146 Å². The van der Waals surface area contributed by atoms with Gasteiger partial charge in [-0.1, -0.05) is 99.6 Å². The largest absolute Gasteiger partial charge is 0.469 e. The number of ether oxygens (including phenoxy) is 7. The first kappa shape index (κ1) is 70.3. The van der Waals surface area contributed by atoms with E-state index in [0.29, 0.717) is 23.8 Å². The van der Waals surface area contributed by atoms with E-state index in [1.54, 1.807) is 34.6 Å². The van der Waals surface area contributed by atoms with Crippen LogP contribution in [0.25, 0.3) is 0 Å². The number of benzene rings is 1. The highest BCUT2D eigenvalue weighted by atomic mass is 32.2. The number of esters is 7. The van der Waals surface area contributed by atoms with Crippen molar-refractivity contribution in [1.29, 1.82) is 0 Å². The molecule has 396 valence electrons. The predicted octanol–water partition coefficient (Wildman–Crippen LogP) is 8.55. The maximum absolute atomic E-state index is 12.4. The van der Waals surface area contributed by atoms with Crippen molar-refractivity contribution in [3.8, 4) is 0 Å².